The quantitative estimate of drug-likeness (QED) is 0.749. The molecule has 5 heteroatoms. The zero-order valence-corrected chi connectivity index (χ0v) is 14.6. The molecule has 2 rings (SSSR count). The van der Waals surface area contributed by atoms with Crippen LogP contribution < -0.4 is 0 Å². The lowest BCUT2D eigenvalue weighted by atomic mass is 10.0. The number of carbonyl (C=O) groups excluding carboxylic acids is 2. The van der Waals surface area contributed by atoms with Gasteiger partial charge in [-0.3, -0.25) is 9.59 Å². The average molecular weight is 343 g/mol. The van der Waals surface area contributed by atoms with Gasteiger partial charge in [0.25, 0.3) is 5.91 Å². The van der Waals surface area contributed by atoms with Crippen LogP contribution in [0.3, 0.4) is 0 Å². The number of carbonyl (C=O) groups is 2. The highest BCUT2D eigenvalue weighted by Gasteiger charge is 2.27. The highest BCUT2D eigenvalue weighted by Crippen LogP contribution is 2.24. The lowest BCUT2D eigenvalue weighted by Gasteiger charge is -2.31. The van der Waals surface area contributed by atoms with Crippen molar-refractivity contribution in [3.05, 3.63) is 71.5 Å². The van der Waals surface area contributed by atoms with Crippen molar-refractivity contribution < 1.29 is 18.7 Å². The fraction of sp³-hybridized carbons (Fsp3) is 0.300. The number of esters is 1. The molecule has 0 aliphatic carbocycles. The van der Waals surface area contributed by atoms with E-state index in [-0.39, 0.29) is 24.5 Å². The lowest BCUT2D eigenvalue weighted by Crippen LogP contribution is -2.39. The molecule has 1 amide bonds. The zero-order valence-electron chi connectivity index (χ0n) is 14.6. The summed E-state index contributed by atoms with van der Waals surface area (Å²) in [5.74, 6) is -1.51. The Kier molecular flexibility index (Phi) is 6.28. The van der Waals surface area contributed by atoms with Crippen LogP contribution in [0.1, 0.15) is 35.8 Å². The molecule has 0 bridgehead atoms. The molecule has 0 spiro atoms. The molecule has 2 aromatic carbocycles. The monoisotopic (exact) mass is 343 g/mol. The largest absolute Gasteiger partial charge is 0.469 e. The van der Waals surface area contributed by atoms with Crippen molar-refractivity contribution in [2.45, 2.75) is 19.9 Å². The van der Waals surface area contributed by atoms with Gasteiger partial charge in [0.15, 0.2) is 0 Å². The minimum absolute atomic E-state index is 0.207. The molecule has 0 saturated carbocycles. The van der Waals surface area contributed by atoms with Crippen LogP contribution in [0.2, 0.25) is 0 Å². The van der Waals surface area contributed by atoms with Gasteiger partial charge < -0.3 is 9.64 Å². The molecule has 0 radical (unpaired) electrons. The van der Waals surface area contributed by atoms with Gasteiger partial charge in [-0.25, -0.2) is 4.39 Å². The Morgan fingerprint density at radius 3 is 2.20 bits per heavy atom. The summed E-state index contributed by atoms with van der Waals surface area (Å²) in [6, 6.07) is 14.7. The Bertz CT molecular complexity index is 715. The Morgan fingerprint density at radius 1 is 1.04 bits per heavy atom. The maximum Gasteiger partial charge on any atom is 0.310 e. The molecule has 2 unspecified atom stereocenters. The van der Waals surface area contributed by atoms with Crippen LogP contribution in [0.15, 0.2) is 54.6 Å². The first kappa shape index (κ1) is 18.6. The average Bonchev–Trinajstić information content (AvgIpc) is 2.65. The number of methoxy groups -OCH3 is 1. The van der Waals surface area contributed by atoms with Crippen molar-refractivity contribution in [1.82, 2.24) is 4.90 Å². The van der Waals surface area contributed by atoms with Gasteiger partial charge in [0, 0.05) is 12.1 Å². The van der Waals surface area contributed by atoms with E-state index in [0.717, 1.165) is 5.56 Å². The van der Waals surface area contributed by atoms with Gasteiger partial charge in [0.2, 0.25) is 0 Å². The normalized spacial score (nSPS) is 13.0. The van der Waals surface area contributed by atoms with Crippen LogP contribution in [0.25, 0.3) is 0 Å². The molecular formula is C20H22FNO3. The van der Waals surface area contributed by atoms with Gasteiger partial charge in [0.1, 0.15) is 5.82 Å². The van der Waals surface area contributed by atoms with Gasteiger partial charge in [-0.05, 0) is 36.8 Å². The van der Waals surface area contributed by atoms with Crippen LogP contribution in [0.5, 0.6) is 0 Å². The molecular weight excluding hydrogens is 321 g/mol. The number of benzene rings is 2. The van der Waals surface area contributed by atoms with Crippen molar-refractivity contribution in [1.29, 1.82) is 0 Å². The molecule has 0 fully saturated rings. The number of hydrogen-bond acceptors (Lipinski definition) is 3. The zero-order chi connectivity index (χ0) is 18.4. The van der Waals surface area contributed by atoms with Crippen molar-refractivity contribution in [2.75, 3.05) is 13.7 Å². The van der Waals surface area contributed by atoms with E-state index in [2.05, 4.69) is 0 Å². The summed E-state index contributed by atoms with van der Waals surface area (Å²) in [5, 5.41) is 0. The summed E-state index contributed by atoms with van der Waals surface area (Å²) in [4.78, 5) is 26.4. The second kappa shape index (κ2) is 8.42. The highest BCUT2D eigenvalue weighted by atomic mass is 19.1. The summed E-state index contributed by atoms with van der Waals surface area (Å²) in [6.45, 7) is 3.83. The topological polar surface area (TPSA) is 46.6 Å². The van der Waals surface area contributed by atoms with E-state index in [1.165, 1.54) is 31.4 Å². The van der Waals surface area contributed by atoms with E-state index >= 15 is 0 Å². The van der Waals surface area contributed by atoms with Crippen LogP contribution in [-0.4, -0.2) is 30.4 Å². The Morgan fingerprint density at radius 2 is 1.64 bits per heavy atom. The standard InChI is InChI=1S/C20H22FNO3/c1-14(20(24)25-3)13-22(15(2)16-7-5-4-6-8-16)19(23)17-9-11-18(21)12-10-17/h4-12,14-15H,13H2,1-3H3. The van der Waals surface area contributed by atoms with E-state index in [4.69, 9.17) is 4.74 Å². The van der Waals surface area contributed by atoms with E-state index in [9.17, 15) is 14.0 Å². The molecule has 0 aliphatic rings. The van der Waals surface area contributed by atoms with Crippen LogP contribution in [-0.2, 0) is 9.53 Å². The first-order chi connectivity index (χ1) is 11.9. The molecule has 0 N–H and O–H groups in total. The molecule has 0 aromatic heterocycles. The summed E-state index contributed by atoms with van der Waals surface area (Å²) < 4.78 is 17.9. The van der Waals surface area contributed by atoms with E-state index in [0.29, 0.717) is 5.56 Å². The van der Waals surface area contributed by atoms with Crippen LogP contribution in [0.4, 0.5) is 4.39 Å². The third kappa shape index (κ3) is 4.66. The number of ether oxygens (including phenoxy) is 1. The van der Waals surface area contributed by atoms with E-state index in [1.54, 1.807) is 11.8 Å². The summed E-state index contributed by atoms with van der Waals surface area (Å²) in [5.41, 5.74) is 1.33. The second-order valence-corrected chi connectivity index (χ2v) is 5.98. The van der Waals surface area contributed by atoms with Gasteiger partial charge in [-0.1, -0.05) is 37.3 Å². The maximum atomic E-state index is 13.2. The van der Waals surface area contributed by atoms with Gasteiger partial charge in [-0.15, -0.1) is 0 Å². The Balaban J connectivity index is 2.32. The fourth-order valence-corrected chi connectivity index (χ4v) is 2.66. The van der Waals surface area contributed by atoms with Crippen LogP contribution >= 0.6 is 0 Å². The van der Waals surface area contributed by atoms with Crippen molar-refractivity contribution in [3.8, 4) is 0 Å². The van der Waals surface area contributed by atoms with Crippen molar-refractivity contribution in [2.24, 2.45) is 5.92 Å². The van der Waals surface area contributed by atoms with Crippen molar-refractivity contribution in [3.63, 3.8) is 0 Å². The van der Waals surface area contributed by atoms with Crippen molar-refractivity contribution >= 4 is 11.9 Å². The molecule has 0 aliphatic heterocycles. The first-order valence-corrected chi connectivity index (χ1v) is 8.13. The smallest absolute Gasteiger partial charge is 0.310 e. The molecule has 0 saturated heterocycles. The molecule has 4 nitrogen and oxygen atoms in total. The molecule has 0 heterocycles. The molecule has 132 valence electrons. The highest BCUT2D eigenvalue weighted by molar-refractivity contribution is 5.94. The van der Waals surface area contributed by atoms with Crippen LogP contribution in [0, 0.1) is 11.7 Å². The third-order valence-corrected chi connectivity index (χ3v) is 4.18. The third-order valence-electron chi connectivity index (χ3n) is 4.18. The predicted molar refractivity (Wildman–Crippen MR) is 93.5 cm³/mol. The first-order valence-electron chi connectivity index (χ1n) is 8.13. The summed E-state index contributed by atoms with van der Waals surface area (Å²) in [6.07, 6.45) is 0. The van der Waals surface area contributed by atoms with Gasteiger partial charge in [-0.2, -0.15) is 0 Å². The Hall–Kier alpha value is -2.69. The fourth-order valence-electron chi connectivity index (χ4n) is 2.66. The number of amides is 1. The molecule has 2 aromatic rings. The summed E-state index contributed by atoms with van der Waals surface area (Å²) in [7, 11) is 1.32. The number of hydrogen-bond donors (Lipinski definition) is 0. The number of rotatable bonds is 6. The lowest BCUT2D eigenvalue weighted by molar-refractivity contribution is -0.145. The minimum atomic E-state index is -0.472. The van der Waals surface area contributed by atoms with Gasteiger partial charge in [0.05, 0.1) is 19.1 Å². The molecule has 25 heavy (non-hydrogen) atoms. The predicted octanol–water partition coefficient (Wildman–Crippen LogP) is 3.84. The minimum Gasteiger partial charge on any atom is -0.469 e. The van der Waals surface area contributed by atoms with E-state index in [1.807, 2.05) is 37.3 Å². The number of nitrogens with zero attached hydrogens (tertiary/aromatic N) is 1. The second-order valence-electron chi connectivity index (χ2n) is 5.98. The summed E-state index contributed by atoms with van der Waals surface area (Å²) >= 11 is 0. The maximum absolute atomic E-state index is 13.2. The van der Waals surface area contributed by atoms with E-state index < -0.39 is 11.7 Å². The van der Waals surface area contributed by atoms with Gasteiger partial charge >= 0.3 is 5.97 Å². The number of halogens is 1. The SMILES string of the molecule is COC(=O)C(C)CN(C(=O)c1ccc(F)cc1)C(C)c1ccccc1. The Labute approximate surface area is 147 Å². The molecule has 2 atom stereocenters.